The lowest BCUT2D eigenvalue weighted by molar-refractivity contribution is 0.0416. The molecule has 2 fully saturated rings. The molecular formula is C11H20O2. The minimum atomic E-state index is -0.227. The van der Waals surface area contributed by atoms with Crippen LogP contribution >= 0.6 is 0 Å². The lowest BCUT2D eigenvalue weighted by Crippen LogP contribution is -2.22. The highest BCUT2D eigenvalue weighted by Crippen LogP contribution is 2.49. The first kappa shape index (κ1) is 9.47. The molecule has 1 N–H and O–H groups in total. The van der Waals surface area contributed by atoms with Gasteiger partial charge in [-0.25, -0.2) is 0 Å². The predicted molar refractivity (Wildman–Crippen MR) is 51.4 cm³/mol. The van der Waals surface area contributed by atoms with E-state index in [0.29, 0.717) is 6.61 Å². The molecular weight excluding hydrogens is 164 g/mol. The van der Waals surface area contributed by atoms with E-state index in [-0.39, 0.29) is 6.10 Å². The summed E-state index contributed by atoms with van der Waals surface area (Å²) in [4.78, 5) is 0. The van der Waals surface area contributed by atoms with E-state index in [1.807, 2.05) is 0 Å². The van der Waals surface area contributed by atoms with E-state index in [1.54, 1.807) is 7.11 Å². The average Bonchev–Trinajstić information content (AvgIpc) is 2.65. The van der Waals surface area contributed by atoms with Gasteiger partial charge in [0, 0.05) is 7.11 Å². The van der Waals surface area contributed by atoms with Gasteiger partial charge in [0.05, 0.1) is 12.7 Å². The highest BCUT2D eigenvalue weighted by Gasteiger charge is 2.39. The molecule has 76 valence electrons. The van der Waals surface area contributed by atoms with Crippen molar-refractivity contribution in [3.63, 3.8) is 0 Å². The Labute approximate surface area is 80.3 Å². The first-order chi connectivity index (χ1) is 6.29. The molecule has 0 aromatic heterocycles. The summed E-state index contributed by atoms with van der Waals surface area (Å²) in [5.41, 5.74) is 0. The molecule has 2 aliphatic rings. The molecule has 13 heavy (non-hydrogen) atoms. The van der Waals surface area contributed by atoms with Crippen LogP contribution in [0.2, 0.25) is 0 Å². The van der Waals surface area contributed by atoms with Crippen LogP contribution in [0.3, 0.4) is 0 Å². The summed E-state index contributed by atoms with van der Waals surface area (Å²) < 4.78 is 4.94. The van der Waals surface area contributed by atoms with Crippen LogP contribution in [0.5, 0.6) is 0 Å². The minimum Gasteiger partial charge on any atom is -0.391 e. The van der Waals surface area contributed by atoms with Crippen LogP contribution in [0.25, 0.3) is 0 Å². The van der Waals surface area contributed by atoms with Gasteiger partial charge in [-0.1, -0.05) is 6.42 Å². The Morgan fingerprint density at radius 2 is 2.23 bits per heavy atom. The maximum Gasteiger partial charge on any atom is 0.0776 e. The molecule has 2 bridgehead atoms. The third-order valence-electron chi connectivity index (χ3n) is 3.82. The van der Waals surface area contributed by atoms with Gasteiger partial charge in [-0.3, -0.25) is 0 Å². The van der Waals surface area contributed by atoms with E-state index in [0.717, 1.165) is 24.2 Å². The maximum absolute atomic E-state index is 9.61. The average molecular weight is 184 g/mol. The Hall–Kier alpha value is -0.0800. The van der Waals surface area contributed by atoms with Crippen molar-refractivity contribution in [2.45, 2.75) is 38.2 Å². The Kier molecular flexibility index (Phi) is 2.89. The standard InChI is InChI=1S/C11H20O2/c1-13-7-11(12)6-10-5-8-2-3-9(10)4-8/h8-12H,2-7H2,1H3. The zero-order valence-electron chi connectivity index (χ0n) is 8.41. The van der Waals surface area contributed by atoms with Crippen molar-refractivity contribution < 1.29 is 9.84 Å². The SMILES string of the molecule is COCC(O)CC1CC2CCC1C2. The van der Waals surface area contributed by atoms with Crippen molar-refractivity contribution in [3.8, 4) is 0 Å². The van der Waals surface area contributed by atoms with E-state index < -0.39 is 0 Å². The number of ether oxygens (including phenoxy) is 1. The van der Waals surface area contributed by atoms with E-state index >= 15 is 0 Å². The number of hydrogen-bond donors (Lipinski definition) is 1. The molecule has 2 saturated carbocycles. The zero-order chi connectivity index (χ0) is 9.26. The van der Waals surface area contributed by atoms with Gasteiger partial charge >= 0.3 is 0 Å². The number of methoxy groups -OCH3 is 1. The first-order valence-corrected chi connectivity index (χ1v) is 5.46. The molecule has 0 heterocycles. The zero-order valence-corrected chi connectivity index (χ0v) is 8.41. The molecule has 0 amide bonds. The van der Waals surface area contributed by atoms with Gasteiger partial charge in [-0.15, -0.1) is 0 Å². The maximum atomic E-state index is 9.61. The minimum absolute atomic E-state index is 0.227. The summed E-state index contributed by atoms with van der Waals surface area (Å²) >= 11 is 0. The van der Waals surface area contributed by atoms with E-state index in [9.17, 15) is 5.11 Å². The fourth-order valence-electron chi connectivity index (χ4n) is 3.28. The second-order valence-corrected chi connectivity index (χ2v) is 4.78. The van der Waals surface area contributed by atoms with Crippen LogP contribution in [0, 0.1) is 17.8 Å². The third kappa shape index (κ3) is 2.05. The van der Waals surface area contributed by atoms with Crippen molar-refractivity contribution in [3.05, 3.63) is 0 Å². The van der Waals surface area contributed by atoms with Gasteiger partial charge in [-0.2, -0.15) is 0 Å². The van der Waals surface area contributed by atoms with Gasteiger partial charge in [0.25, 0.3) is 0 Å². The summed E-state index contributed by atoms with van der Waals surface area (Å²) in [5, 5.41) is 9.61. The molecule has 0 radical (unpaired) electrons. The number of aliphatic hydroxyl groups excluding tert-OH is 1. The van der Waals surface area contributed by atoms with Crippen molar-refractivity contribution in [1.82, 2.24) is 0 Å². The molecule has 2 rings (SSSR count). The third-order valence-corrected chi connectivity index (χ3v) is 3.82. The molecule has 0 aromatic carbocycles. The number of aliphatic hydroxyl groups is 1. The van der Waals surface area contributed by atoms with Crippen molar-refractivity contribution in [2.24, 2.45) is 17.8 Å². The second-order valence-electron chi connectivity index (χ2n) is 4.78. The Morgan fingerprint density at radius 3 is 2.77 bits per heavy atom. The lowest BCUT2D eigenvalue weighted by Gasteiger charge is -2.23. The molecule has 4 atom stereocenters. The van der Waals surface area contributed by atoms with Gasteiger partial charge in [-0.05, 0) is 43.4 Å². The Bertz CT molecular complexity index is 169. The first-order valence-electron chi connectivity index (χ1n) is 5.46. The Balaban J connectivity index is 1.76. The van der Waals surface area contributed by atoms with E-state index in [4.69, 9.17) is 4.74 Å². The van der Waals surface area contributed by atoms with Crippen LogP contribution in [-0.4, -0.2) is 24.9 Å². The topological polar surface area (TPSA) is 29.5 Å². The molecule has 0 aliphatic heterocycles. The molecule has 2 heteroatoms. The van der Waals surface area contributed by atoms with Crippen LogP contribution in [0.4, 0.5) is 0 Å². The predicted octanol–water partition coefficient (Wildman–Crippen LogP) is 1.82. The van der Waals surface area contributed by atoms with Gasteiger partial charge < -0.3 is 9.84 Å². The number of rotatable bonds is 4. The molecule has 4 unspecified atom stereocenters. The second kappa shape index (κ2) is 3.97. The fraction of sp³-hybridized carbons (Fsp3) is 1.00. The van der Waals surface area contributed by atoms with Crippen molar-refractivity contribution >= 4 is 0 Å². The molecule has 0 saturated heterocycles. The quantitative estimate of drug-likeness (QED) is 0.722. The lowest BCUT2D eigenvalue weighted by atomic mass is 9.85. The number of hydrogen-bond acceptors (Lipinski definition) is 2. The molecule has 2 aliphatic carbocycles. The van der Waals surface area contributed by atoms with Crippen LogP contribution in [-0.2, 0) is 4.74 Å². The molecule has 0 aromatic rings. The van der Waals surface area contributed by atoms with Crippen LogP contribution in [0.15, 0.2) is 0 Å². The van der Waals surface area contributed by atoms with E-state index in [1.165, 1.54) is 25.7 Å². The molecule has 0 spiro atoms. The summed E-state index contributed by atoms with van der Waals surface area (Å²) in [5.74, 6) is 2.71. The fourth-order valence-corrected chi connectivity index (χ4v) is 3.28. The largest absolute Gasteiger partial charge is 0.391 e. The van der Waals surface area contributed by atoms with Crippen molar-refractivity contribution in [2.75, 3.05) is 13.7 Å². The summed E-state index contributed by atoms with van der Waals surface area (Å²) in [6.07, 6.45) is 6.40. The summed E-state index contributed by atoms with van der Waals surface area (Å²) in [7, 11) is 1.66. The van der Waals surface area contributed by atoms with Gasteiger partial charge in [0.2, 0.25) is 0 Å². The Morgan fingerprint density at radius 1 is 1.38 bits per heavy atom. The van der Waals surface area contributed by atoms with Crippen LogP contribution < -0.4 is 0 Å². The van der Waals surface area contributed by atoms with Gasteiger partial charge in [0.15, 0.2) is 0 Å². The summed E-state index contributed by atoms with van der Waals surface area (Å²) in [6.45, 7) is 0.508. The van der Waals surface area contributed by atoms with Crippen LogP contribution in [0.1, 0.15) is 32.1 Å². The smallest absolute Gasteiger partial charge is 0.0776 e. The highest BCUT2D eigenvalue weighted by molar-refractivity contribution is 4.90. The number of fused-ring (bicyclic) bond motifs is 2. The highest BCUT2D eigenvalue weighted by atomic mass is 16.5. The normalized spacial score (nSPS) is 39.7. The molecule has 2 nitrogen and oxygen atoms in total. The summed E-state index contributed by atoms with van der Waals surface area (Å²) in [6, 6.07) is 0. The van der Waals surface area contributed by atoms with Gasteiger partial charge in [0.1, 0.15) is 0 Å². The van der Waals surface area contributed by atoms with Crippen molar-refractivity contribution in [1.29, 1.82) is 0 Å². The van der Waals surface area contributed by atoms with E-state index in [2.05, 4.69) is 0 Å². The monoisotopic (exact) mass is 184 g/mol.